The Bertz CT molecular complexity index is 797. The lowest BCUT2D eigenvalue weighted by atomic mass is 10.1. The normalized spacial score (nSPS) is 14.4. The van der Waals surface area contributed by atoms with Crippen molar-refractivity contribution in [1.82, 2.24) is 9.88 Å². The Morgan fingerprint density at radius 3 is 2.46 bits per heavy atom. The maximum Gasteiger partial charge on any atom is 0.407 e. The van der Waals surface area contributed by atoms with Crippen molar-refractivity contribution in [2.75, 3.05) is 37.7 Å². The second kappa shape index (κ2) is 7.94. The van der Waals surface area contributed by atoms with E-state index < -0.39 is 12.1 Å². The number of anilines is 1. The summed E-state index contributed by atoms with van der Waals surface area (Å²) in [4.78, 5) is 30.7. The van der Waals surface area contributed by atoms with E-state index in [0.717, 1.165) is 11.3 Å². The van der Waals surface area contributed by atoms with E-state index in [1.807, 2.05) is 46.9 Å². The Kier molecular flexibility index (Phi) is 5.64. The summed E-state index contributed by atoms with van der Waals surface area (Å²) in [5, 5.41) is 9.02. The standard InChI is InChI=1S/C17H18IN3O5/c1-2-25-15(22)13-14(26-16(18)19-13)11-3-5-12(6-4-11)20-7-9-21(10-8-20)17(23)24/h3-6H,2,7-10H2,1H3,(H,23,24). The van der Waals surface area contributed by atoms with Crippen LogP contribution in [-0.2, 0) is 4.74 Å². The molecule has 0 atom stereocenters. The van der Waals surface area contributed by atoms with Crippen molar-refractivity contribution in [1.29, 1.82) is 0 Å². The first-order chi connectivity index (χ1) is 12.5. The third kappa shape index (κ3) is 3.92. The third-order valence-electron chi connectivity index (χ3n) is 4.11. The van der Waals surface area contributed by atoms with Crippen LogP contribution in [0.1, 0.15) is 17.4 Å². The van der Waals surface area contributed by atoms with E-state index in [9.17, 15) is 9.59 Å². The summed E-state index contributed by atoms with van der Waals surface area (Å²) in [5.74, 6) is -0.127. The predicted molar refractivity (Wildman–Crippen MR) is 102 cm³/mol. The van der Waals surface area contributed by atoms with Crippen LogP contribution in [0.4, 0.5) is 10.5 Å². The largest absolute Gasteiger partial charge is 0.465 e. The zero-order chi connectivity index (χ0) is 18.7. The summed E-state index contributed by atoms with van der Waals surface area (Å²) >= 11 is 1.92. The van der Waals surface area contributed by atoms with E-state index in [1.54, 1.807) is 6.92 Å². The van der Waals surface area contributed by atoms with Gasteiger partial charge in [-0.25, -0.2) is 9.59 Å². The van der Waals surface area contributed by atoms with Gasteiger partial charge in [0.15, 0.2) is 11.5 Å². The van der Waals surface area contributed by atoms with Crippen molar-refractivity contribution in [2.45, 2.75) is 6.92 Å². The molecule has 1 aliphatic rings. The molecule has 138 valence electrons. The molecule has 0 unspecified atom stereocenters. The number of esters is 1. The molecule has 1 saturated heterocycles. The summed E-state index contributed by atoms with van der Waals surface area (Å²) in [6.07, 6.45) is -0.883. The van der Waals surface area contributed by atoms with Crippen molar-refractivity contribution >= 4 is 40.3 Å². The molecule has 8 nitrogen and oxygen atoms in total. The highest BCUT2D eigenvalue weighted by atomic mass is 127. The molecule has 2 heterocycles. The molecule has 0 spiro atoms. The van der Waals surface area contributed by atoms with E-state index in [1.165, 1.54) is 4.90 Å². The van der Waals surface area contributed by atoms with Crippen LogP contribution in [0, 0.1) is 3.90 Å². The summed E-state index contributed by atoms with van der Waals surface area (Å²) in [6.45, 7) is 4.24. The highest BCUT2D eigenvalue weighted by molar-refractivity contribution is 14.1. The molecule has 1 aromatic heterocycles. The number of halogens is 1. The molecular weight excluding hydrogens is 453 g/mol. The van der Waals surface area contributed by atoms with Gasteiger partial charge in [-0.1, -0.05) is 0 Å². The lowest BCUT2D eigenvalue weighted by Crippen LogP contribution is -2.48. The summed E-state index contributed by atoms with van der Waals surface area (Å²) in [7, 11) is 0. The number of oxazole rings is 1. The number of carbonyl (C=O) groups excluding carboxylic acids is 1. The van der Waals surface area contributed by atoms with Gasteiger partial charge in [0.2, 0.25) is 0 Å². The Morgan fingerprint density at radius 2 is 1.88 bits per heavy atom. The number of piperazine rings is 1. The van der Waals surface area contributed by atoms with E-state index in [-0.39, 0.29) is 12.3 Å². The minimum absolute atomic E-state index is 0.166. The molecule has 26 heavy (non-hydrogen) atoms. The minimum atomic E-state index is -0.883. The lowest BCUT2D eigenvalue weighted by Gasteiger charge is -2.34. The van der Waals surface area contributed by atoms with Crippen LogP contribution in [-0.4, -0.2) is 59.8 Å². The average molecular weight is 471 g/mol. The molecule has 0 aliphatic carbocycles. The molecule has 0 radical (unpaired) electrons. The second-order valence-corrected chi connectivity index (χ2v) is 6.59. The molecule has 3 rings (SSSR count). The molecule has 2 aromatic rings. The monoisotopic (exact) mass is 471 g/mol. The number of hydrogen-bond donors (Lipinski definition) is 1. The minimum Gasteiger partial charge on any atom is -0.465 e. The maximum absolute atomic E-state index is 12.0. The first-order valence-corrected chi connectivity index (χ1v) is 9.24. The quantitative estimate of drug-likeness (QED) is 0.541. The lowest BCUT2D eigenvalue weighted by molar-refractivity contribution is 0.0520. The number of carbonyl (C=O) groups is 2. The molecule has 0 bridgehead atoms. The zero-order valence-electron chi connectivity index (χ0n) is 14.1. The van der Waals surface area contributed by atoms with Crippen molar-refractivity contribution in [2.24, 2.45) is 0 Å². The number of carboxylic acid groups (broad SMARTS) is 1. The SMILES string of the molecule is CCOC(=O)c1nc(I)oc1-c1ccc(N2CCN(C(=O)O)CC2)cc1. The Hall–Kier alpha value is -2.30. The zero-order valence-corrected chi connectivity index (χ0v) is 16.3. The van der Waals surface area contributed by atoms with Gasteiger partial charge in [0.25, 0.3) is 3.90 Å². The number of ether oxygens (including phenoxy) is 1. The predicted octanol–water partition coefficient (Wildman–Crippen LogP) is 2.92. The van der Waals surface area contributed by atoms with Gasteiger partial charge in [-0.15, -0.1) is 0 Å². The summed E-state index contributed by atoms with van der Waals surface area (Å²) < 4.78 is 11.0. The van der Waals surface area contributed by atoms with Crippen LogP contribution in [0.3, 0.4) is 0 Å². The Morgan fingerprint density at radius 1 is 1.23 bits per heavy atom. The van der Waals surface area contributed by atoms with Crippen molar-refractivity contribution in [3.63, 3.8) is 0 Å². The maximum atomic E-state index is 12.0. The molecular formula is C17H18IN3O5. The highest BCUT2D eigenvalue weighted by Gasteiger charge is 2.23. The Labute approximate surface area is 163 Å². The topological polar surface area (TPSA) is 96.1 Å². The van der Waals surface area contributed by atoms with Gasteiger partial charge in [0.05, 0.1) is 6.61 Å². The number of hydrogen-bond acceptors (Lipinski definition) is 6. The van der Waals surface area contributed by atoms with Crippen LogP contribution in [0.15, 0.2) is 28.7 Å². The number of benzene rings is 1. The van der Waals surface area contributed by atoms with Crippen molar-refractivity contribution in [3.05, 3.63) is 33.9 Å². The van der Waals surface area contributed by atoms with Gasteiger partial charge in [-0.2, -0.15) is 4.98 Å². The molecule has 1 aromatic carbocycles. The van der Waals surface area contributed by atoms with Gasteiger partial charge < -0.3 is 24.1 Å². The van der Waals surface area contributed by atoms with Gasteiger partial charge in [-0.3, -0.25) is 0 Å². The fourth-order valence-corrected chi connectivity index (χ4v) is 3.27. The fraction of sp³-hybridized carbons (Fsp3) is 0.353. The molecule has 1 fully saturated rings. The van der Waals surface area contributed by atoms with E-state index >= 15 is 0 Å². The van der Waals surface area contributed by atoms with E-state index in [0.29, 0.717) is 35.8 Å². The molecule has 1 aliphatic heterocycles. The molecule has 9 heteroatoms. The summed E-state index contributed by atoms with van der Waals surface area (Å²) in [5.41, 5.74) is 1.89. The van der Waals surface area contributed by atoms with Gasteiger partial charge in [-0.05, 0) is 31.2 Å². The molecule has 1 amide bonds. The van der Waals surface area contributed by atoms with E-state index in [4.69, 9.17) is 14.3 Å². The van der Waals surface area contributed by atoms with Crippen LogP contribution in [0.2, 0.25) is 0 Å². The number of amides is 1. The highest BCUT2D eigenvalue weighted by Crippen LogP contribution is 2.28. The van der Waals surface area contributed by atoms with Crippen LogP contribution < -0.4 is 4.90 Å². The van der Waals surface area contributed by atoms with Gasteiger partial charge >= 0.3 is 12.1 Å². The summed E-state index contributed by atoms with van der Waals surface area (Å²) in [6, 6.07) is 7.57. The number of rotatable bonds is 4. The van der Waals surface area contributed by atoms with Crippen LogP contribution in [0.5, 0.6) is 0 Å². The molecule has 1 N–H and O–H groups in total. The van der Waals surface area contributed by atoms with Crippen LogP contribution in [0.25, 0.3) is 11.3 Å². The Balaban J connectivity index is 1.77. The first kappa shape index (κ1) is 18.5. The smallest absolute Gasteiger partial charge is 0.407 e. The number of aromatic nitrogens is 1. The van der Waals surface area contributed by atoms with Crippen molar-refractivity contribution in [3.8, 4) is 11.3 Å². The van der Waals surface area contributed by atoms with Gasteiger partial charge in [0, 0.05) is 60.0 Å². The van der Waals surface area contributed by atoms with Gasteiger partial charge in [0.1, 0.15) is 0 Å². The van der Waals surface area contributed by atoms with E-state index in [2.05, 4.69) is 9.88 Å². The second-order valence-electron chi connectivity index (χ2n) is 5.67. The first-order valence-electron chi connectivity index (χ1n) is 8.16. The number of nitrogens with zero attached hydrogens (tertiary/aromatic N) is 3. The third-order valence-corrected chi connectivity index (χ3v) is 4.58. The fourth-order valence-electron chi connectivity index (χ4n) is 2.81. The van der Waals surface area contributed by atoms with Crippen molar-refractivity contribution < 1.29 is 23.8 Å². The average Bonchev–Trinajstić information content (AvgIpc) is 3.04. The molecule has 0 saturated carbocycles. The van der Waals surface area contributed by atoms with Crippen LogP contribution >= 0.6 is 22.6 Å².